The maximum absolute atomic E-state index is 12.0. The molecule has 98 valence electrons. The first-order valence-electron chi connectivity index (χ1n) is 5.12. The molecule has 7 heteroatoms. The van der Waals surface area contributed by atoms with Gasteiger partial charge in [0.15, 0.2) is 0 Å². The zero-order valence-electron chi connectivity index (χ0n) is 9.44. The number of thiocarbonyl (C=S) groups is 1. The third kappa shape index (κ3) is 3.33. The molecule has 1 aromatic carbocycles. The van der Waals surface area contributed by atoms with Crippen LogP contribution in [0, 0.1) is 0 Å². The molecule has 1 amide bonds. The second-order valence-electron chi connectivity index (χ2n) is 3.61. The molecule has 1 heterocycles. The van der Waals surface area contributed by atoms with Crippen LogP contribution in [0.3, 0.4) is 0 Å². The van der Waals surface area contributed by atoms with E-state index < -0.39 is 0 Å². The first kappa shape index (κ1) is 14.5. The fourth-order valence-corrected chi connectivity index (χ4v) is 3.21. The van der Waals surface area contributed by atoms with Gasteiger partial charge in [-0.1, -0.05) is 23.8 Å². The lowest BCUT2D eigenvalue weighted by Crippen LogP contribution is -2.12. The molecule has 0 fully saturated rings. The smallest absolute Gasteiger partial charge is 0.266 e. The third-order valence-corrected chi connectivity index (χ3v) is 4.71. The molecule has 0 radical (unpaired) electrons. The molecule has 0 aliphatic rings. The van der Waals surface area contributed by atoms with Crippen molar-refractivity contribution in [3.63, 3.8) is 0 Å². The van der Waals surface area contributed by atoms with Crippen LogP contribution in [-0.4, -0.2) is 10.9 Å². The zero-order valence-corrected chi connectivity index (χ0v) is 13.4. The van der Waals surface area contributed by atoms with Crippen LogP contribution in [0.15, 0.2) is 34.1 Å². The molecule has 3 nitrogen and oxygen atoms in total. The Morgan fingerprint density at radius 3 is 2.68 bits per heavy atom. The van der Waals surface area contributed by atoms with Gasteiger partial charge >= 0.3 is 0 Å². The van der Waals surface area contributed by atoms with Gasteiger partial charge in [0.25, 0.3) is 5.91 Å². The molecule has 0 unspecified atom stereocenters. The SMILES string of the molecule is NC(=S)c1ccc(NC(=O)c2sccc2Br)c(Cl)c1. The number of carbonyl (C=O) groups is 1. The first-order valence-corrected chi connectivity index (χ1v) is 7.58. The third-order valence-electron chi connectivity index (χ3n) is 2.33. The van der Waals surface area contributed by atoms with E-state index in [1.165, 1.54) is 11.3 Å². The minimum Gasteiger partial charge on any atom is -0.389 e. The number of amides is 1. The minimum absolute atomic E-state index is 0.216. The van der Waals surface area contributed by atoms with E-state index in [9.17, 15) is 4.79 Å². The summed E-state index contributed by atoms with van der Waals surface area (Å²) in [5.41, 5.74) is 6.69. The Kier molecular flexibility index (Phi) is 4.57. The second kappa shape index (κ2) is 6.00. The van der Waals surface area contributed by atoms with E-state index in [1.54, 1.807) is 18.2 Å². The highest BCUT2D eigenvalue weighted by atomic mass is 79.9. The summed E-state index contributed by atoms with van der Waals surface area (Å²) in [6.07, 6.45) is 0. The van der Waals surface area contributed by atoms with E-state index in [-0.39, 0.29) is 10.9 Å². The van der Waals surface area contributed by atoms with Crippen molar-refractivity contribution in [2.24, 2.45) is 5.73 Å². The summed E-state index contributed by atoms with van der Waals surface area (Å²) in [5, 5.41) is 4.97. The largest absolute Gasteiger partial charge is 0.389 e. The van der Waals surface area contributed by atoms with Gasteiger partial charge in [0.2, 0.25) is 0 Å². The van der Waals surface area contributed by atoms with Crippen LogP contribution in [0.1, 0.15) is 15.2 Å². The topological polar surface area (TPSA) is 55.1 Å². The number of nitrogens with two attached hydrogens (primary N) is 1. The molecule has 0 aliphatic carbocycles. The first-order chi connectivity index (χ1) is 8.99. The van der Waals surface area contributed by atoms with Crippen LogP contribution in [-0.2, 0) is 0 Å². The average molecular weight is 376 g/mol. The van der Waals surface area contributed by atoms with Crippen molar-refractivity contribution >= 4 is 67.7 Å². The van der Waals surface area contributed by atoms with Gasteiger partial charge in [-0.2, -0.15) is 0 Å². The number of benzene rings is 1. The van der Waals surface area contributed by atoms with E-state index in [0.29, 0.717) is 21.2 Å². The molecule has 2 rings (SSSR count). The lowest BCUT2D eigenvalue weighted by Gasteiger charge is -2.08. The Morgan fingerprint density at radius 1 is 1.42 bits per heavy atom. The Labute approximate surface area is 132 Å². The van der Waals surface area contributed by atoms with Gasteiger partial charge in [0.1, 0.15) is 9.87 Å². The quantitative estimate of drug-likeness (QED) is 0.796. The Hall–Kier alpha value is -0.950. The van der Waals surface area contributed by atoms with Crippen LogP contribution in [0.25, 0.3) is 0 Å². The van der Waals surface area contributed by atoms with Crippen LogP contribution in [0.2, 0.25) is 5.02 Å². The van der Waals surface area contributed by atoms with Crippen molar-refractivity contribution in [2.45, 2.75) is 0 Å². The standard InChI is InChI=1S/C12H8BrClN2OS2/c13-7-3-4-19-10(7)12(17)16-9-2-1-6(11(15)18)5-8(9)14/h1-5H,(H2,15,18)(H,16,17). The monoisotopic (exact) mass is 374 g/mol. The van der Waals surface area contributed by atoms with Crippen LogP contribution in [0.4, 0.5) is 5.69 Å². The fraction of sp³-hybridized carbons (Fsp3) is 0. The van der Waals surface area contributed by atoms with Crippen molar-refractivity contribution in [1.29, 1.82) is 0 Å². The molecule has 3 N–H and O–H groups in total. The van der Waals surface area contributed by atoms with Gasteiger partial charge in [-0.3, -0.25) is 4.79 Å². The molecule has 0 spiro atoms. The van der Waals surface area contributed by atoms with Crippen molar-refractivity contribution < 1.29 is 4.79 Å². The maximum Gasteiger partial charge on any atom is 0.266 e. The average Bonchev–Trinajstić information content (AvgIpc) is 2.77. The van der Waals surface area contributed by atoms with E-state index >= 15 is 0 Å². The van der Waals surface area contributed by atoms with Crippen molar-refractivity contribution in [1.82, 2.24) is 0 Å². The number of thiophene rings is 1. The normalized spacial score (nSPS) is 10.2. The summed E-state index contributed by atoms with van der Waals surface area (Å²) >= 11 is 15.6. The highest BCUT2D eigenvalue weighted by molar-refractivity contribution is 9.10. The number of rotatable bonds is 3. The van der Waals surface area contributed by atoms with Gasteiger partial charge in [-0.15, -0.1) is 11.3 Å². The molecule has 2 aromatic rings. The number of anilines is 1. The van der Waals surface area contributed by atoms with Crippen LogP contribution in [0.5, 0.6) is 0 Å². The van der Waals surface area contributed by atoms with Gasteiger partial charge in [0, 0.05) is 10.0 Å². The predicted octanol–water partition coefficient (Wildman–Crippen LogP) is 4.05. The number of carbonyl (C=O) groups excluding carboxylic acids is 1. The number of halogens is 2. The molecular formula is C12H8BrClN2OS2. The van der Waals surface area contributed by atoms with E-state index in [0.717, 1.165) is 4.47 Å². The summed E-state index contributed by atoms with van der Waals surface area (Å²) in [7, 11) is 0. The lowest BCUT2D eigenvalue weighted by molar-refractivity contribution is 0.103. The van der Waals surface area contributed by atoms with Gasteiger partial charge in [-0.05, 0) is 45.6 Å². The number of hydrogen-bond acceptors (Lipinski definition) is 3. The molecule has 19 heavy (non-hydrogen) atoms. The fourth-order valence-electron chi connectivity index (χ4n) is 1.40. The van der Waals surface area contributed by atoms with E-state index in [2.05, 4.69) is 21.2 Å². The Morgan fingerprint density at radius 2 is 2.16 bits per heavy atom. The van der Waals surface area contributed by atoms with Crippen molar-refractivity contribution in [2.75, 3.05) is 5.32 Å². The minimum atomic E-state index is -0.216. The summed E-state index contributed by atoms with van der Waals surface area (Å²) in [4.78, 5) is 12.9. The summed E-state index contributed by atoms with van der Waals surface area (Å²) < 4.78 is 0.755. The van der Waals surface area contributed by atoms with Crippen LogP contribution >= 0.6 is 51.1 Å². The lowest BCUT2D eigenvalue weighted by atomic mass is 10.2. The highest BCUT2D eigenvalue weighted by Gasteiger charge is 2.13. The Balaban J connectivity index is 2.23. The molecule has 0 aliphatic heterocycles. The van der Waals surface area contributed by atoms with Gasteiger partial charge in [0.05, 0.1) is 10.7 Å². The summed E-state index contributed by atoms with van der Waals surface area (Å²) in [6, 6.07) is 6.84. The molecule has 0 saturated carbocycles. The summed E-state index contributed by atoms with van der Waals surface area (Å²) in [5.74, 6) is -0.216. The summed E-state index contributed by atoms with van der Waals surface area (Å²) in [6.45, 7) is 0. The van der Waals surface area contributed by atoms with Gasteiger partial charge < -0.3 is 11.1 Å². The molecular weight excluding hydrogens is 368 g/mol. The van der Waals surface area contributed by atoms with Crippen LogP contribution < -0.4 is 11.1 Å². The number of hydrogen-bond donors (Lipinski definition) is 2. The zero-order chi connectivity index (χ0) is 14.0. The predicted molar refractivity (Wildman–Crippen MR) is 87.3 cm³/mol. The van der Waals surface area contributed by atoms with Crippen molar-refractivity contribution in [3.8, 4) is 0 Å². The van der Waals surface area contributed by atoms with E-state index in [4.69, 9.17) is 29.6 Å². The Bertz CT molecular complexity index is 657. The second-order valence-corrected chi connectivity index (χ2v) is 6.23. The van der Waals surface area contributed by atoms with Crippen molar-refractivity contribution in [3.05, 3.63) is 49.6 Å². The number of nitrogens with one attached hydrogen (secondary N) is 1. The maximum atomic E-state index is 12.0. The molecule has 0 bridgehead atoms. The molecule has 0 saturated heterocycles. The van der Waals surface area contributed by atoms with E-state index in [1.807, 2.05) is 11.4 Å². The van der Waals surface area contributed by atoms with Gasteiger partial charge in [-0.25, -0.2) is 0 Å². The molecule has 1 aromatic heterocycles. The molecule has 0 atom stereocenters. The highest BCUT2D eigenvalue weighted by Crippen LogP contribution is 2.27.